The quantitative estimate of drug-likeness (QED) is 0.0459. The molecular weight excluding hydrogens is 526 g/mol. The van der Waals surface area contributed by atoms with Crippen LogP contribution >= 0.6 is 0 Å². The van der Waals surface area contributed by atoms with Crippen LogP contribution in [-0.2, 0) is 14.9 Å². The molecule has 0 fully saturated rings. The first-order chi connectivity index (χ1) is 19.2. The van der Waals surface area contributed by atoms with Gasteiger partial charge in [-0.05, 0) is 51.4 Å². The summed E-state index contributed by atoms with van der Waals surface area (Å²) in [5.41, 5.74) is 0. The van der Waals surface area contributed by atoms with E-state index in [2.05, 4.69) is 43.5 Å². The predicted octanol–water partition coefficient (Wildman–Crippen LogP) is 7.20. The molecule has 0 saturated heterocycles. The number of carbonyl (C=O) groups is 1. The molecule has 0 spiro atoms. The smallest absolute Gasteiger partial charge is 0.267 e. The van der Waals surface area contributed by atoms with E-state index >= 15 is 0 Å². The minimum absolute atomic E-state index is 0.251. The van der Waals surface area contributed by atoms with Crippen LogP contribution in [0.3, 0.4) is 0 Å². The van der Waals surface area contributed by atoms with E-state index in [9.17, 15) is 28.0 Å². The highest BCUT2D eigenvalue weighted by molar-refractivity contribution is 7.85. The Labute approximate surface area is 245 Å². The Hall–Kier alpha value is -1.48. The summed E-state index contributed by atoms with van der Waals surface area (Å²) in [5.74, 6) is -1.58. The Balaban J connectivity index is 4.32. The third kappa shape index (κ3) is 25.5. The summed E-state index contributed by atoms with van der Waals surface area (Å²) in [6.45, 7) is 4.40. The number of hydrogen-bond donors (Lipinski definition) is 4. The highest BCUT2D eigenvalue weighted by Crippen LogP contribution is 2.11. The number of nitrogens with one attached hydrogen (secondary N) is 1. The molecule has 7 nitrogen and oxygen atoms in total. The molecule has 0 aliphatic rings. The standard InChI is InChI=1S/C32H59NO6S/c1-3-5-7-9-11-13-14-15-16-17-19-20-22-24-26-30(34)29(28-40(37,38)39)33-32(36)31(35)27-25-23-21-18-12-10-8-6-4-2/h10,12,17,19,24,26,29-31,34-35H,3-9,11,13-16,18,20-23,25,27-28H2,1-2H3,(H,33,36)(H,37,38,39)/b12-10-,19-17+,26-24+. The van der Waals surface area contributed by atoms with Crippen molar-refractivity contribution in [3.63, 3.8) is 0 Å². The molecule has 0 aromatic rings. The second-order valence-corrected chi connectivity index (χ2v) is 12.4. The molecule has 0 saturated carbocycles. The largest absolute Gasteiger partial charge is 0.387 e. The maximum atomic E-state index is 12.4. The van der Waals surface area contributed by atoms with Crippen LogP contribution in [-0.4, -0.2) is 53.1 Å². The maximum absolute atomic E-state index is 12.4. The second kappa shape index (κ2) is 26.4. The number of aliphatic hydroxyl groups excluding tert-OH is 2. The zero-order valence-electron chi connectivity index (χ0n) is 25.3. The lowest BCUT2D eigenvalue weighted by Crippen LogP contribution is -2.50. The lowest BCUT2D eigenvalue weighted by molar-refractivity contribution is -0.130. The summed E-state index contributed by atoms with van der Waals surface area (Å²) >= 11 is 0. The molecule has 8 heteroatoms. The van der Waals surface area contributed by atoms with E-state index < -0.39 is 40.0 Å². The molecule has 0 aliphatic carbocycles. The summed E-state index contributed by atoms with van der Waals surface area (Å²) < 4.78 is 32.2. The van der Waals surface area contributed by atoms with Crippen LogP contribution in [0.15, 0.2) is 36.5 Å². The monoisotopic (exact) mass is 585 g/mol. The van der Waals surface area contributed by atoms with Crippen molar-refractivity contribution >= 4 is 16.0 Å². The van der Waals surface area contributed by atoms with Gasteiger partial charge in [0, 0.05) is 0 Å². The van der Waals surface area contributed by atoms with Crippen molar-refractivity contribution in [3.05, 3.63) is 36.5 Å². The Bertz CT molecular complexity index is 793. The predicted molar refractivity (Wildman–Crippen MR) is 167 cm³/mol. The molecule has 1 amide bonds. The summed E-state index contributed by atoms with van der Waals surface area (Å²) in [4.78, 5) is 12.4. The normalized spacial score (nSPS) is 14.8. The van der Waals surface area contributed by atoms with Gasteiger partial charge in [-0.2, -0.15) is 8.42 Å². The molecule has 0 rings (SSSR count). The second-order valence-electron chi connectivity index (χ2n) is 10.9. The first-order valence-electron chi connectivity index (χ1n) is 15.8. The van der Waals surface area contributed by atoms with E-state index in [4.69, 9.17) is 0 Å². The van der Waals surface area contributed by atoms with Crippen LogP contribution < -0.4 is 5.32 Å². The van der Waals surface area contributed by atoms with E-state index in [1.54, 1.807) is 6.08 Å². The average Bonchev–Trinajstić information content (AvgIpc) is 2.90. The van der Waals surface area contributed by atoms with E-state index in [1.165, 1.54) is 70.3 Å². The van der Waals surface area contributed by atoms with Gasteiger partial charge in [0.2, 0.25) is 5.91 Å². The highest BCUT2D eigenvalue weighted by atomic mass is 32.2. The van der Waals surface area contributed by atoms with Crippen molar-refractivity contribution in [1.82, 2.24) is 5.32 Å². The summed E-state index contributed by atoms with van der Waals surface area (Å²) in [6, 6.07) is -1.25. The van der Waals surface area contributed by atoms with Crippen LogP contribution in [0.1, 0.15) is 136 Å². The Morgan fingerprint density at radius 1 is 0.675 bits per heavy atom. The fraction of sp³-hybridized carbons (Fsp3) is 0.781. The molecule has 234 valence electrons. The minimum Gasteiger partial charge on any atom is -0.387 e. The number of hydrogen-bond acceptors (Lipinski definition) is 5. The number of amides is 1. The Kier molecular flexibility index (Phi) is 25.4. The van der Waals surface area contributed by atoms with Crippen molar-refractivity contribution in [3.8, 4) is 0 Å². The van der Waals surface area contributed by atoms with E-state index in [-0.39, 0.29) is 6.42 Å². The van der Waals surface area contributed by atoms with Gasteiger partial charge < -0.3 is 15.5 Å². The Morgan fingerprint density at radius 2 is 1.15 bits per heavy atom. The van der Waals surface area contributed by atoms with Crippen molar-refractivity contribution in [2.24, 2.45) is 0 Å². The van der Waals surface area contributed by atoms with Gasteiger partial charge in [0.05, 0.1) is 17.9 Å². The first-order valence-corrected chi connectivity index (χ1v) is 17.4. The SMILES string of the molecule is CCCC/C=C\CCCCCC(O)C(=O)NC(CS(=O)(=O)O)C(O)/C=C/CC/C=C/CCCCCCCCCC. The third-order valence-corrected chi connectivity index (χ3v) is 7.68. The number of rotatable bonds is 27. The van der Waals surface area contributed by atoms with Crippen LogP contribution in [0.2, 0.25) is 0 Å². The van der Waals surface area contributed by atoms with Crippen molar-refractivity contribution < 1.29 is 28.0 Å². The lowest BCUT2D eigenvalue weighted by atomic mass is 10.1. The molecule has 3 atom stereocenters. The molecule has 0 aromatic heterocycles. The Morgan fingerprint density at radius 3 is 1.73 bits per heavy atom. The van der Waals surface area contributed by atoms with Crippen molar-refractivity contribution in [2.45, 2.75) is 154 Å². The van der Waals surface area contributed by atoms with Gasteiger partial charge in [-0.15, -0.1) is 0 Å². The first kappa shape index (κ1) is 38.5. The number of unbranched alkanes of at least 4 members (excludes halogenated alkanes) is 14. The van der Waals surface area contributed by atoms with Gasteiger partial charge in [-0.1, -0.05) is 121 Å². The minimum atomic E-state index is -4.44. The summed E-state index contributed by atoms with van der Waals surface area (Å²) in [7, 11) is -4.44. The molecule has 0 heterocycles. The molecule has 0 aliphatic heterocycles. The van der Waals surface area contributed by atoms with E-state index in [1.807, 2.05) is 0 Å². The summed E-state index contributed by atoms with van der Waals surface area (Å²) in [5, 5.41) is 23.1. The van der Waals surface area contributed by atoms with Gasteiger partial charge in [0.15, 0.2) is 0 Å². The van der Waals surface area contributed by atoms with E-state index in [0.717, 1.165) is 38.5 Å². The van der Waals surface area contributed by atoms with Gasteiger partial charge in [-0.25, -0.2) is 0 Å². The maximum Gasteiger partial charge on any atom is 0.267 e. The van der Waals surface area contributed by atoms with Gasteiger partial charge in [0.25, 0.3) is 10.1 Å². The van der Waals surface area contributed by atoms with Gasteiger partial charge in [0.1, 0.15) is 6.10 Å². The molecule has 4 N–H and O–H groups in total. The van der Waals surface area contributed by atoms with Crippen molar-refractivity contribution in [1.29, 1.82) is 0 Å². The third-order valence-electron chi connectivity index (χ3n) is 6.90. The van der Waals surface area contributed by atoms with Crippen LogP contribution in [0.4, 0.5) is 0 Å². The number of carbonyl (C=O) groups excluding carboxylic acids is 1. The number of allylic oxidation sites excluding steroid dienone is 5. The summed E-state index contributed by atoms with van der Waals surface area (Å²) in [6.07, 6.45) is 29.3. The zero-order chi connectivity index (χ0) is 29.9. The molecule has 0 aromatic carbocycles. The molecular formula is C32H59NO6S. The fourth-order valence-corrected chi connectivity index (χ4v) is 5.13. The average molecular weight is 586 g/mol. The van der Waals surface area contributed by atoms with E-state index in [0.29, 0.717) is 12.8 Å². The van der Waals surface area contributed by atoms with Crippen LogP contribution in [0, 0.1) is 0 Å². The van der Waals surface area contributed by atoms with Crippen molar-refractivity contribution in [2.75, 3.05) is 5.75 Å². The molecule has 40 heavy (non-hydrogen) atoms. The molecule has 0 radical (unpaired) electrons. The fourth-order valence-electron chi connectivity index (χ4n) is 4.39. The number of aliphatic hydroxyl groups is 2. The zero-order valence-corrected chi connectivity index (χ0v) is 26.1. The van der Waals surface area contributed by atoms with Gasteiger partial charge in [-0.3, -0.25) is 9.35 Å². The molecule has 3 unspecified atom stereocenters. The van der Waals surface area contributed by atoms with Crippen LogP contribution in [0.25, 0.3) is 0 Å². The van der Waals surface area contributed by atoms with Crippen LogP contribution in [0.5, 0.6) is 0 Å². The topological polar surface area (TPSA) is 124 Å². The lowest BCUT2D eigenvalue weighted by Gasteiger charge is -2.22. The highest BCUT2D eigenvalue weighted by Gasteiger charge is 2.27. The molecule has 0 bridgehead atoms. The van der Waals surface area contributed by atoms with Gasteiger partial charge >= 0.3 is 0 Å².